The van der Waals surface area contributed by atoms with E-state index in [0.29, 0.717) is 0 Å². The molecule has 0 amide bonds. The summed E-state index contributed by atoms with van der Waals surface area (Å²) in [5.74, 6) is 1.93. The van der Waals surface area contributed by atoms with Crippen LogP contribution in [0.25, 0.3) is 0 Å². The lowest BCUT2D eigenvalue weighted by atomic mass is 10.1. The van der Waals surface area contributed by atoms with Crippen LogP contribution >= 0.6 is 34.4 Å². The number of aromatic nitrogens is 2. The Morgan fingerprint density at radius 1 is 1.53 bits per heavy atom. The molecule has 15 heavy (non-hydrogen) atoms. The number of rotatable bonds is 3. The first kappa shape index (κ1) is 11.4. The Morgan fingerprint density at radius 3 is 3.00 bits per heavy atom. The van der Waals surface area contributed by atoms with Crippen molar-refractivity contribution < 1.29 is 0 Å². The van der Waals surface area contributed by atoms with Gasteiger partial charge < -0.3 is 4.98 Å². The minimum Gasteiger partial charge on any atom is -0.312 e. The highest BCUT2D eigenvalue weighted by Gasteiger charge is 2.16. The van der Waals surface area contributed by atoms with E-state index in [2.05, 4.69) is 32.6 Å². The number of nitrogens with zero attached hydrogens (tertiary/aromatic N) is 1. The fraction of sp³-hybridized carbons (Fsp3) is 0.600. The Labute approximate surface area is 107 Å². The minimum absolute atomic E-state index is 0.0282. The fourth-order valence-electron chi connectivity index (χ4n) is 1.84. The molecule has 0 radical (unpaired) electrons. The maximum Gasteiger partial charge on any atom is 0.265 e. The van der Waals surface area contributed by atoms with Crippen LogP contribution in [0.3, 0.4) is 0 Å². The van der Waals surface area contributed by atoms with Gasteiger partial charge in [0.25, 0.3) is 5.56 Å². The summed E-state index contributed by atoms with van der Waals surface area (Å²) in [5.41, 5.74) is -0.0282. The molecule has 1 N–H and O–H groups in total. The molecule has 3 nitrogen and oxygen atoms in total. The highest BCUT2D eigenvalue weighted by Crippen LogP contribution is 2.30. The van der Waals surface area contributed by atoms with E-state index in [4.69, 9.17) is 0 Å². The summed E-state index contributed by atoms with van der Waals surface area (Å²) in [7, 11) is 0. The topological polar surface area (TPSA) is 45.8 Å². The van der Waals surface area contributed by atoms with Crippen LogP contribution < -0.4 is 5.56 Å². The molecule has 0 aromatic carbocycles. The Kier molecular flexibility index (Phi) is 4.07. The number of H-pyrrole nitrogens is 1. The van der Waals surface area contributed by atoms with Gasteiger partial charge in [-0.3, -0.25) is 4.79 Å². The van der Waals surface area contributed by atoms with Gasteiger partial charge in [0.05, 0.1) is 6.33 Å². The van der Waals surface area contributed by atoms with Crippen molar-refractivity contribution in [3.8, 4) is 0 Å². The Morgan fingerprint density at radius 2 is 2.27 bits per heavy atom. The van der Waals surface area contributed by atoms with Crippen molar-refractivity contribution in [2.75, 3.05) is 5.75 Å². The number of nitrogens with one attached hydrogen (secondary N) is 1. The maximum absolute atomic E-state index is 11.3. The summed E-state index contributed by atoms with van der Waals surface area (Å²) >= 11 is 3.78. The monoisotopic (exact) mass is 336 g/mol. The number of thioether (sulfide) groups is 1. The van der Waals surface area contributed by atoms with Crippen LogP contribution in [0, 0.1) is 9.49 Å². The maximum atomic E-state index is 11.3. The van der Waals surface area contributed by atoms with Gasteiger partial charge in [-0.2, -0.15) is 0 Å². The fourth-order valence-corrected chi connectivity index (χ4v) is 3.68. The highest BCUT2D eigenvalue weighted by atomic mass is 127. The third kappa shape index (κ3) is 2.96. The van der Waals surface area contributed by atoms with Crippen molar-refractivity contribution in [1.82, 2.24) is 9.97 Å². The second-order valence-electron chi connectivity index (χ2n) is 3.81. The third-order valence-corrected chi connectivity index (χ3v) is 5.28. The Balaban J connectivity index is 1.98. The molecule has 1 saturated carbocycles. The summed E-state index contributed by atoms with van der Waals surface area (Å²) in [6, 6.07) is 0. The van der Waals surface area contributed by atoms with Crippen LogP contribution in [0.2, 0.25) is 0 Å². The summed E-state index contributed by atoms with van der Waals surface area (Å²) < 4.78 is 0.720. The summed E-state index contributed by atoms with van der Waals surface area (Å²) in [5, 5.41) is 0.881. The molecule has 2 rings (SSSR count). The van der Waals surface area contributed by atoms with E-state index in [-0.39, 0.29) is 5.56 Å². The Bertz CT molecular complexity index is 387. The second kappa shape index (κ2) is 5.34. The summed E-state index contributed by atoms with van der Waals surface area (Å²) in [6.45, 7) is 0. The summed E-state index contributed by atoms with van der Waals surface area (Å²) in [6.07, 6.45) is 6.90. The molecule has 0 atom stereocenters. The molecule has 0 unspecified atom stereocenters. The van der Waals surface area contributed by atoms with Gasteiger partial charge in [-0.05, 0) is 41.4 Å². The van der Waals surface area contributed by atoms with Crippen molar-refractivity contribution in [3.05, 3.63) is 20.3 Å². The molecule has 1 aliphatic rings. The normalized spacial score (nSPS) is 17.1. The minimum atomic E-state index is -0.0282. The first-order chi connectivity index (χ1) is 7.27. The van der Waals surface area contributed by atoms with E-state index < -0.39 is 0 Å². The molecule has 0 spiro atoms. The molecule has 0 aliphatic heterocycles. The highest BCUT2D eigenvalue weighted by molar-refractivity contribution is 14.1. The van der Waals surface area contributed by atoms with Gasteiger partial charge in [0.1, 0.15) is 8.60 Å². The number of hydrogen-bond donors (Lipinski definition) is 1. The lowest BCUT2D eigenvalue weighted by Crippen LogP contribution is -2.11. The zero-order chi connectivity index (χ0) is 10.7. The number of aromatic amines is 1. The quantitative estimate of drug-likeness (QED) is 0.524. The van der Waals surface area contributed by atoms with Gasteiger partial charge in [-0.25, -0.2) is 4.98 Å². The van der Waals surface area contributed by atoms with E-state index in [0.717, 1.165) is 20.3 Å². The predicted octanol–water partition coefficient (Wildman–Crippen LogP) is 2.66. The zero-order valence-electron chi connectivity index (χ0n) is 8.33. The molecular formula is C10H13IN2OS. The van der Waals surface area contributed by atoms with Crippen molar-refractivity contribution in [1.29, 1.82) is 0 Å². The largest absolute Gasteiger partial charge is 0.312 e. The van der Waals surface area contributed by atoms with E-state index in [1.807, 2.05) is 0 Å². The lowest BCUT2D eigenvalue weighted by Gasteiger charge is -2.07. The van der Waals surface area contributed by atoms with Crippen molar-refractivity contribution in [2.45, 2.75) is 30.7 Å². The molecule has 82 valence electrons. The van der Waals surface area contributed by atoms with Crippen molar-refractivity contribution >= 4 is 34.4 Å². The molecule has 1 fully saturated rings. The molecular weight excluding hydrogens is 323 g/mol. The molecule has 0 saturated heterocycles. The van der Waals surface area contributed by atoms with Crippen LogP contribution in [0.5, 0.6) is 0 Å². The van der Waals surface area contributed by atoms with Crippen LogP contribution in [0.1, 0.15) is 25.7 Å². The lowest BCUT2D eigenvalue weighted by molar-refractivity contribution is 0.622. The van der Waals surface area contributed by atoms with Crippen LogP contribution in [0.4, 0.5) is 0 Å². The van der Waals surface area contributed by atoms with Crippen molar-refractivity contribution in [2.24, 2.45) is 5.92 Å². The van der Waals surface area contributed by atoms with E-state index in [1.54, 1.807) is 11.8 Å². The molecule has 1 aromatic heterocycles. The predicted molar refractivity (Wildman–Crippen MR) is 70.3 cm³/mol. The van der Waals surface area contributed by atoms with Crippen molar-refractivity contribution in [3.63, 3.8) is 0 Å². The standard InChI is InChI=1S/C10H13IN2OS/c11-8-9(14)12-6-13-10(8)15-5-7-3-1-2-4-7/h6-7H,1-5H2,(H,12,13,14). The van der Waals surface area contributed by atoms with E-state index >= 15 is 0 Å². The second-order valence-corrected chi connectivity index (χ2v) is 5.90. The molecule has 0 bridgehead atoms. The third-order valence-electron chi connectivity index (χ3n) is 2.70. The van der Waals surface area contributed by atoms with Gasteiger partial charge in [0, 0.05) is 5.75 Å². The molecule has 1 aliphatic carbocycles. The average Bonchev–Trinajstić information content (AvgIpc) is 2.73. The van der Waals surface area contributed by atoms with Crippen LogP contribution in [0.15, 0.2) is 16.1 Å². The van der Waals surface area contributed by atoms with Gasteiger partial charge >= 0.3 is 0 Å². The smallest absolute Gasteiger partial charge is 0.265 e. The van der Waals surface area contributed by atoms with Gasteiger partial charge in [0.2, 0.25) is 0 Å². The van der Waals surface area contributed by atoms with Gasteiger partial charge in [0.15, 0.2) is 0 Å². The van der Waals surface area contributed by atoms with Gasteiger partial charge in [-0.15, -0.1) is 11.8 Å². The molecule has 1 aromatic rings. The summed E-state index contributed by atoms with van der Waals surface area (Å²) in [4.78, 5) is 18.1. The zero-order valence-corrected chi connectivity index (χ0v) is 11.3. The van der Waals surface area contributed by atoms with Crippen LogP contribution in [-0.2, 0) is 0 Å². The first-order valence-electron chi connectivity index (χ1n) is 5.13. The number of halogens is 1. The first-order valence-corrected chi connectivity index (χ1v) is 7.20. The Hall–Kier alpha value is -0.0400. The van der Waals surface area contributed by atoms with E-state index in [1.165, 1.54) is 32.0 Å². The van der Waals surface area contributed by atoms with E-state index in [9.17, 15) is 4.79 Å². The van der Waals surface area contributed by atoms with Crippen LogP contribution in [-0.4, -0.2) is 15.7 Å². The average molecular weight is 336 g/mol. The number of hydrogen-bond acceptors (Lipinski definition) is 3. The van der Waals surface area contributed by atoms with Gasteiger partial charge in [-0.1, -0.05) is 12.8 Å². The molecule has 5 heteroatoms. The molecule has 1 heterocycles. The SMILES string of the molecule is O=c1[nH]cnc(SCC2CCCC2)c1I.